The van der Waals surface area contributed by atoms with Crippen molar-refractivity contribution in [2.75, 3.05) is 0 Å². The highest BCUT2D eigenvalue weighted by Crippen LogP contribution is 2.38. The smallest absolute Gasteiger partial charge is 0.429 e. The van der Waals surface area contributed by atoms with Crippen LogP contribution < -0.4 is 4.74 Å². The van der Waals surface area contributed by atoms with Crippen molar-refractivity contribution in [3.63, 3.8) is 0 Å². The van der Waals surface area contributed by atoms with Crippen LogP contribution in [0.3, 0.4) is 0 Å². The second-order valence-electron chi connectivity index (χ2n) is 8.35. The van der Waals surface area contributed by atoms with Crippen LogP contribution in [0.15, 0.2) is 54.6 Å². The van der Waals surface area contributed by atoms with E-state index in [4.69, 9.17) is 0 Å². The zero-order valence-electron chi connectivity index (χ0n) is 19.9. The van der Waals surface area contributed by atoms with Crippen molar-refractivity contribution >= 4 is 10.8 Å². The first-order valence-corrected chi connectivity index (χ1v) is 11.0. The molecule has 0 unspecified atom stereocenters. The lowest BCUT2D eigenvalue weighted by atomic mass is 10.0. The Hall–Kier alpha value is -4.64. The van der Waals surface area contributed by atoms with E-state index >= 15 is 0 Å². The minimum Gasteiger partial charge on any atom is -0.429 e. The van der Waals surface area contributed by atoms with Crippen LogP contribution in [0, 0.1) is 59.7 Å². The van der Waals surface area contributed by atoms with E-state index in [9.17, 15) is 43.9 Å². The van der Waals surface area contributed by atoms with E-state index in [2.05, 4.69) is 16.6 Å². The van der Waals surface area contributed by atoms with Gasteiger partial charge in [0.15, 0.2) is 5.82 Å². The largest absolute Gasteiger partial charge is 0.458 e. The number of hydrogen-bond acceptors (Lipinski definition) is 1. The molecule has 204 valence electrons. The number of alkyl halides is 5. The molecule has 4 aromatic carbocycles. The zero-order chi connectivity index (χ0) is 29.4. The summed E-state index contributed by atoms with van der Waals surface area (Å²) in [6.07, 6.45) is -9.85. The Balaban J connectivity index is 1.68. The van der Waals surface area contributed by atoms with Gasteiger partial charge in [0, 0.05) is 23.1 Å². The lowest BCUT2D eigenvalue weighted by Crippen LogP contribution is -2.25. The summed E-state index contributed by atoms with van der Waals surface area (Å²) in [7, 11) is 0. The maximum absolute atomic E-state index is 14.8. The van der Waals surface area contributed by atoms with E-state index in [0.717, 1.165) is 5.56 Å². The highest BCUT2D eigenvalue weighted by Gasteiger charge is 2.41. The van der Waals surface area contributed by atoms with E-state index < -0.39 is 69.0 Å². The molecule has 0 aliphatic carbocycles. The molecule has 0 aliphatic heterocycles. The first kappa shape index (κ1) is 28.4. The topological polar surface area (TPSA) is 9.23 Å². The Labute approximate surface area is 220 Å². The molecule has 0 amide bonds. The number of fused-ring (bicyclic) bond motifs is 1. The zero-order valence-corrected chi connectivity index (χ0v) is 19.9. The van der Waals surface area contributed by atoms with Gasteiger partial charge in [0.05, 0.1) is 10.9 Å². The van der Waals surface area contributed by atoms with Crippen molar-refractivity contribution in [2.24, 2.45) is 0 Å². The number of rotatable bonds is 3. The van der Waals surface area contributed by atoms with Crippen LogP contribution >= 0.6 is 0 Å². The van der Waals surface area contributed by atoms with Crippen LogP contribution in [0.4, 0.5) is 43.9 Å². The Morgan fingerprint density at radius 2 is 1.25 bits per heavy atom. The monoisotopic (exact) mass is 566 g/mol. The van der Waals surface area contributed by atoms with E-state index in [-0.39, 0.29) is 11.6 Å². The quantitative estimate of drug-likeness (QED) is 0.179. The molecular weight excluding hydrogens is 554 g/mol. The summed E-state index contributed by atoms with van der Waals surface area (Å²) in [5.74, 6) is -2.77. The Bertz CT molecular complexity index is 1730. The van der Waals surface area contributed by atoms with Crippen LogP contribution in [0.2, 0.25) is 0 Å². The average molecular weight is 566 g/mol. The highest BCUT2D eigenvalue weighted by atomic mass is 19.4. The van der Waals surface area contributed by atoms with Crippen molar-refractivity contribution in [1.82, 2.24) is 0 Å². The fraction of sp³-hybridized carbons (Fsp3) is 0.103. The van der Waals surface area contributed by atoms with Gasteiger partial charge >= 0.3 is 12.3 Å². The normalized spacial score (nSPS) is 11.5. The van der Waals surface area contributed by atoms with Gasteiger partial charge < -0.3 is 4.74 Å². The third-order valence-corrected chi connectivity index (χ3v) is 5.37. The van der Waals surface area contributed by atoms with Gasteiger partial charge in [0.2, 0.25) is 0 Å². The van der Waals surface area contributed by atoms with E-state index in [1.165, 1.54) is 5.92 Å². The maximum Gasteiger partial charge on any atom is 0.458 e. The molecule has 40 heavy (non-hydrogen) atoms. The molecule has 0 aromatic heterocycles. The third-order valence-electron chi connectivity index (χ3n) is 5.37. The van der Waals surface area contributed by atoms with Crippen LogP contribution in [-0.2, 0) is 6.11 Å². The minimum absolute atomic E-state index is 0.190. The van der Waals surface area contributed by atoms with E-state index in [1.807, 2.05) is 6.92 Å². The van der Waals surface area contributed by atoms with Gasteiger partial charge in [0.25, 0.3) is 0 Å². The molecule has 1 nitrogen and oxygen atoms in total. The first-order chi connectivity index (χ1) is 18.6. The van der Waals surface area contributed by atoms with Crippen LogP contribution in [0.25, 0.3) is 10.8 Å². The second kappa shape index (κ2) is 10.5. The number of ether oxygens (including phenoxy) is 1. The Morgan fingerprint density at radius 3 is 1.85 bits per heavy atom. The van der Waals surface area contributed by atoms with Crippen molar-refractivity contribution in [3.05, 3.63) is 112 Å². The molecule has 0 atom stereocenters. The summed E-state index contributed by atoms with van der Waals surface area (Å²) < 4.78 is 143. The van der Waals surface area contributed by atoms with Crippen molar-refractivity contribution < 1.29 is 48.6 Å². The summed E-state index contributed by atoms with van der Waals surface area (Å²) in [5.41, 5.74) is -2.09. The molecule has 0 spiro atoms. The van der Waals surface area contributed by atoms with Gasteiger partial charge in [-0.2, -0.15) is 22.0 Å². The fourth-order valence-corrected chi connectivity index (χ4v) is 3.60. The van der Waals surface area contributed by atoms with Gasteiger partial charge in [-0.3, -0.25) is 0 Å². The number of halogens is 10. The number of benzene rings is 4. The standard InChI is InChI=1S/C29H12F10O/c1-15-2-4-16(5-3-15)6-7-17-10-23(32)26(24(33)11-17)29(38,39)40-19-12-18-13-21(30)20(8-9-28(35,36)37)27(34)25(18)22(31)14-19/h2-5,10-14H,1H3. The summed E-state index contributed by atoms with van der Waals surface area (Å²) in [6.45, 7) is 1.83. The highest BCUT2D eigenvalue weighted by molar-refractivity contribution is 5.87. The van der Waals surface area contributed by atoms with Gasteiger partial charge in [0.1, 0.15) is 34.6 Å². The van der Waals surface area contributed by atoms with Gasteiger partial charge in [-0.1, -0.05) is 35.5 Å². The average Bonchev–Trinajstić information content (AvgIpc) is 2.81. The molecular formula is C29H12F10O. The number of aryl methyl sites for hydroxylation is 1. The van der Waals surface area contributed by atoms with E-state index in [1.54, 1.807) is 24.3 Å². The first-order valence-electron chi connectivity index (χ1n) is 11.0. The van der Waals surface area contributed by atoms with E-state index in [0.29, 0.717) is 35.7 Å². The maximum atomic E-state index is 14.8. The summed E-state index contributed by atoms with van der Waals surface area (Å²) in [6, 6.07) is 8.88. The lowest BCUT2D eigenvalue weighted by molar-refractivity contribution is -0.189. The molecule has 0 saturated carbocycles. The third kappa shape index (κ3) is 6.15. The molecule has 0 saturated heterocycles. The predicted octanol–water partition coefficient (Wildman–Crippen LogP) is 8.29. The molecule has 0 heterocycles. The molecule has 4 aromatic rings. The van der Waals surface area contributed by atoms with Gasteiger partial charge in [-0.25, -0.2) is 22.0 Å². The molecule has 0 bridgehead atoms. The summed E-state index contributed by atoms with van der Waals surface area (Å²) in [5, 5.41) is -1.81. The molecule has 11 heteroatoms. The van der Waals surface area contributed by atoms with Gasteiger partial charge in [-0.05, 0) is 48.7 Å². The second-order valence-corrected chi connectivity index (χ2v) is 8.35. The molecule has 0 aliphatic rings. The van der Waals surface area contributed by atoms with Gasteiger partial charge in [-0.15, -0.1) is 0 Å². The summed E-state index contributed by atoms with van der Waals surface area (Å²) >= 11 is 0. The minimum atomic E-state index is -5.11. The summed E-state index contributed by atoms with van der Waals surface area (Å²) in [4.78, 5) is 0. The molecule has 4 rings (SSSR count). The van der Waals surface area contributed by atoms with Crippen LogP contribution in [0.5, 0.6) is 5.75 Å². The van der Waals surface area contributed by atoms with Crippen LogP contribution in [0.1, 0.15) is 27.8 Å². The molecule has 0 radical (unpaired) electrons. The molecule has 0 fully saturated rings. The number of hydrogen-bond donors (Lipinski definition) is 0. The van der Waals surface area contributed by atoms with Crippen molar-refractivity contribution in [3.8, 4) is 29.4 Å². The van der Waals surface area contributed by atoms with Crippen LogP contribution in [-0.4, -0.2) is 6.18 Å². The predicted molar refractivity (Wildman–Crippen MR) is 125 cm³/mol. The van der Waals surface area contributed by atoms with Crippen molar-refractivity contribution in [1.29, 1.82) is 0 Å². The Kier molecular flexibility index (Phi) is 7.44. The molecule has 0 N–H and O–H groups in total. The van der Waals surface area contributed by atoms with Crippen molar-refractivity contribution in [2.45, 2.75) is 19.2 Å². The lowest BCUT2D eigenvalue weighted by Gasteiger charge is -2.20. The fourth-order valence-electron chi connectivity index (χ4n) is 3.60. The SMILES string of the molecule is Cc1ccc(C#Cc2cc(F)c(C(F)(F)Oc3cc(F)c4c(F)c(C#CC(F)(F)F)c(F)cc4c3)c(F)c2)cc1. The Morgan fingerprint density at radius 1 is 0.650 bits per heavy atom.